The number of fused-ring (bicyclic) bond motifs is 1. The number of nitrogens with zero attached hydrogens (tertiary/aromatic N) is 5. The van der Waals surface area contributed by atoms with Crippen molar-refractivity contribution in [1.29, 1.82) is 0 Å². The number of carbonyl (C=O) groups excluding carboxylic acids is 1. The molecule has 5 aromatic rings. The van der Waals surface area contributed by atoms with Crippen LogP contribution >= 0.6 is 11.6 Å². The minimum atomic E-state index is 0.0275. The molecular formula is C30H26ClN5O. The Morgan fingerprint density at radius 2 is 1.62 bits per heavy atom. The normalized spacial score (nSPS) is 13.8. The van der Waals surface area contributed by atoms with Gasteiger partial charge in [0.15, 0.2) is 5.65 Å². The van der Waals surface area contributed by atoms with E-state index in [1.54, 1.807) is 30.6 Å². The van der Waals surface area contributed by atoms with E-state index in [0.29, 0.717) is 36.8 Å². The van der Waals surface area contributed by atoms with E-state index in [-0.39, 0.29) is 5.91 Å². The van der Waals surface area contributed by atoms with Crippen LogP contribution in [0.1, 0.15) is 15.9 Å². The standard InChI is InChI=1S/C30H26ClN5O/c1-21-6-5-9-25(18-21)36-19-26(22-7-3-2-4-8-22)27-28(32-20-33-29(27)36)34-14-16-35(17-15-34)30(37)23-10-12-24(31)13-11-23/h2-13,18-20H,14-17H2,1H3. The van der Waals surface area contributed by atoms with Crippen LogP contribution in [0.3, 0.4) is 0 Å². The van der Waals surface area contributed by atoms with Crippen molar-refractivity contribution in [2.24, 2.45) is 0 Å². The van der Waals surface area contributed by atoms with Crippen LogP contribution in [-0.2, 0) is 0 Å². The van der Waals surface area contributed by atoms with Gasteiger partial charge in [0.2, 0.25) is 0 Å². The molecular weight excluding hydrogens is 482 g/mol. The summed E-state index contributed by atoms with van der Waals surface area (Å²) in [5.41, 5.74) is 5.99. The summed E-state index contributed by atoms with van der Waals surface area (Å²) >= 11 is 6.00. The van der Waals surface area contributed by atoms with Gasteiger partial charge in [-0.1, -0.05) is 54.1 Å². The van der Waals surface area contributed by atoms with Gasteiger partial charge in [0.25, 0.3) is 5.91 Å². The second-order valence-electron chi connectivity index (χ2n) is 9.30. The monoisotopic (exact) mass is 507 g/mol. The molecule has 6 nitrogen and oxygen atoms in total. The Labute approximate surface area is 220 Å². The molecule has 0 N–H and O–H groups in total. The van der Waals surface area contributed by atoms with Crippen LogP contribution < -0.4 is 4.90 Å². The van der Waals surface area contributed by atoms with Crippen molar-refractivity contribution in [3.8, 4) is 16.8 Å². The molecule has 1 saturated heterocycles. The van der Waals surface area contributed by atoms with E-state index in [0.717, 1.165) is 33.7 Å². The average Bonchev–Trinajstić information content (AvgIpc) is 3.34. The fourth-order valence-electron chi connectivity index (χ4n) is 4.99. The lowest BCUT2D eigenvalue weighted by atomic mass is 10.1. The number of halogens is 1. The summed E-state index contributed by atoms with van der Waals surface area (Å²) in [7, 11) is 0. The molecule has 0 atom stereocenters. The van der Waals surface area contributed by atoms with Crippen LogP contribution in [0.25, 0.3) is 27.8 Å². The number of aromatic nitrogens is 3. The number of aryl methyl sites for hydroxylation is 1. The third-order valence-corrected chi connectivity index (χ3v) is 7.14. The average molecular weight is 508 g/mol. The highest BCUT2D eigenvalue weighted by Gasteiger charge is 2.26. The minimum absolute atomic E-state index is 0.0275. The summed E-state index contributed by atoms with van der Waals surface area (Å²) in [5, 5.41) is 1.65. The number of anilines is 1. The first-order valence-corrected chi connectivity index (χ1v) is 12.7. The molecule has 7 heteroatoms. The number of amides is 1. The molecule has 0 unspecified atom stereocenters. The highest BCUT2D eigenvalue weighted by molar-refractivity contribution is 6.30. The van der Waals surface area contributed by atoms with Crippen molar-refractivity contribution < 1.29 is 4.79 Å². The number of rotatable bonds is 4. The maximum atomic E-state index is 13.0. The summed E-state index contributed by atoms with van der Waals surface area (Å²) in [4.78, 5) is 26.7. The predicted octanol–water partition coefficient (Wildman–Crippen LogP) is 6.01. The van der Waals surface area contributed by atoms with E-state index in [1.807, 2.05) is 11.0 Å². The predicted molar refractivity (Wildman–Crippen MR) is 149 cm³/mol. The first-order chi connectivity index (χ1) is 18.1. The van der Waals surface area contributed by atoms with E-state index in [2.05, 4.69) is 71.1 Å². The van der Waals surface area contributed by atoms with Gasteiger partial charge >= 0.3 is 0 Å². The van der Waals surface area contributed by atoms with Gasteiger partial charge in [-0.05, 0) is 54.4 Å². The molecule has 0 bridgehead atoms. The third-order valence-electron chi connectivity index (χ3n) is 6.89. The molecule has 1 aliphatic heterocycles. The number of hydrogen-bond donors (Lipinski definition) is 0. The zero-order valence-electron chi connectivity index (χ0n) is 20.5. The van der Waals surface area contributed by atoms with Gasteiger partial charge in [0, 0.05) is 54.2 Å². The Balaban J connectivity index is 1.37. The van der Waals surface area contributed by atoms with Crippen LogP contribution in [0.4, 0.5) is 5.82 Å². The summed E-state index contributed by atoms with van der Waals surface area (Å²) < 4.78 is 2.15. The summed E-state index contributed by atoms with van der Waals surface area (Å²) in [6, 6.07) is 25.9. The molecule has 1 amide bonds. The number of piperazine rings is 1. The van der Waals surface area contributed by atoms with Gasteiger partial charge in [-0.25, -0.2) is 9.97 Å². The zero-order chi connectivity index (χ0) is 25.4. The van der Waals surface area contributed by atoms with E-state index in [9.17, 15) is 4.79 Å². The van der Waals surface area contributed by atoms with E-state index >= 15 is 0 Å². The minimum Gasteiger partial charge on any atom is -0.352 e. The maximum absolute atomic E-state index is 13.0. The number of hydrogen-bond acceptors (Lipinski definition) is 4. The molecule has 0 aliphatic carbocycles. The number of benzene rings is 3. The molecule has 37 heavy (non-hydrogen) atoms. The number of carbonyl (C=O) groups is 1. The summed E-state index contributed by atoms with van der Waals surface area (Å²) in [5.74, 6) is 0.925. The lowest BCUT2D eigenvalue weighted by molar-refractivity contribution is 0.0746. The molecule has 6 rings (SSSR count). The highest BCUT2D eigenvalue weighted by atomic mass is 35.5. The van der Waals surface area contributed by atoms with E-state index < -0.39 is 0 Å². The van der Waals surface area contributed by atoms with E-state index in [4.69, 9.17) is 21.6 Å². The van der Waals surface area contributed by atoms with Crippen LogP contribution in [0.15, 0.2) is 91.4 Å². The summed E-state index contributed by atoms with van der Waals surface area (Å²) in [6.45, 7) is 4.71. The van der Waals surface area contributed by atoms with Crippen molar-refractivity contribution in [1.82, 2.24) is 19.4 Å². The van der Waals surface area contributed by atoms with Crippen molar-refractivity contribution in [3.05, 3.63) is 108 Å². The van der Waals surface area contributed by atoms with Gasteiger partial charge in [0.1, 0.15) is 12.1 Å². The molecule has 3 aromatic carbocycles. The second-order valence-corrected chi connectivity index (χ2v) is 9.74. The van der Waals surface area contributed by atoms with Gasteiger partial charge < -0.3 is 14.4 Å². The Morgan fingerprint density at radius 1 is 0.865 bits per heavy atom. The lowest BCUT2D eigenvalue weighted by Crippen LogP contribution is -2.49. The first kappa shape index (κ1) is 23.3. The highest BCUT2D eigenvalue weighted by Crippen LogP contribution is 2.37. The van der Waals surface area contributed by atoms with Crippen molar-refractivity contribution >= 4 is 34.4 Å². The maximum Gasteiger partial charge on any atom is 0.253 e. The van der Waals surface area contributed by atoms with E-state index in [1.165, 1.54) is 5.56 Å². The molecule has 0 saturated carbocycles. The molecule has 184 valence electrons. The Morgan fingerprint density at radius 3 is 2.35 bits per heavy atom. The first-order valence-electron chi connectivity index (χ1n) is 12.4. The van der Waals surface area contributed by atoms with Crippen LogP contribution in [-0.4, -0.2) is 51.5 Å². The van der Waals surface area contributed by atoms with Gasteiger partial charge in [-0.15, -0.1) is 0 Å². The fourth-order valence-corrected chi connectivity index (χ4v) is 5.12. The molecule has 2 aromatic heterocycles. The molecule has 1 fully saturated rings. The topological polar surface area (TPSA) is 54.3 Å². The SMILES string of the molecule is Cc1cccc(-n2cc(-c3ccccc3)c3c(N4CCN(C(=O)c5ccc(Cl)cc5)CC4)ncnc32)c1. The Bertz CT molecular complexity index is 1570. The Hall–Kier alpha value is -4.16. The van der Waals surface area contributed by atoms with Crippen LogP contribution in [0.2, 0.25) is 5.02 Å². The smallest absolute Gasteiger partial charge is 0.253 e. The Kier molecular flexibility index (Phi) is 6.10. The molecule has 1 aliphatic rings. The van der Waals surface area contributed by atoms with Crippen LogP contribution in [0, 0.1) is 6.92 Å². The van der Waals surface area contributed by atoms with Crippen molar-refractivity contribution in [2.45, 2.75) is 6.92 Å². The van der Waals surface area contributed by atoms with Crippen molar-refractivity contribution in [3.63, 3.8) is 0 Å². The molecule has 0 spiro atoms. The second kappa shape index (κ2) is 9.71. The largest absolute Gasteiger partial charge is 0.352 e. The molecule has 0 radical (unpaired) electrons. The van der Waals surface area contributed by atoms with Gasteiger partial charge in [-0.2, -0.15) is 0 Å². The van der Waals surface area contributed by atoms with Crippen molar-refractivity contribution in [2.75, 3.05) is 31.1 Å². The van der Waals surface area contributed by atoms with Crippen LogP contribution in [0.5, 0.6) is 0 Å². The third kappa shape index (κ3) is 4.45. The quantitative estimate of drug-likeness (QED) is 0.299. The lowest BCUT2D eigenvalue weighted by Gasteiger charge is -2.35. The van der Waals surface area contributed by atoms with Gasteiger partial charge in [-0.3, -0.25) is 4.79 Å². The van der Waals surface area contributed by atoms with Gasteiger partial charge in [0.05, 0.1) is 5.39 Å². The summed E-state index contributed by atoms with van der Waals surface area (Å²) in [6.07, 6.45) is 3.80. The zero-order valence-corrected chi connectivity index (χ0v) is 21.3. The fraction of sp³-hybridized carbons (Fsp3) is 0.167. The molecule has 3 heterocycles.